The van der Waals surface area contributed by atoms with Gasteiger partial charge in [0.25, 0.3) is 0 Å². The van der Waals surface area contributed by atoms with Gasteiger partial charge in [-0.15, -0.1) is 24.4 Å². The fraction of sp³-hybridized carbons (Fsp3) is 0.200. The van der Waals surface area contributed by atoms with Crippen molar-refractivity contribution in [2.75, 3.05) is 0 Å². The van der Waals surface area contributed by atoms with E-state index >= 15 is 0 Å². The van der Waals surface area contributed by atoms with Gasteiger partial charge in [-0.2, -0.15) is 0 Å². The van der Waals surface area contributed by atoms with Crippen LogP contribution in [0.1, 0.15) is 59.5 Å². The Bertz CT molecular complexity index is 891. The summed E-state index contributed by atoms with van der Waals surface area (Å²) < 4.78 is 0. The van der Waals surface area contributed by atoms with Crippen LogP contribution in [0.15, 0.2) is 121 Å². The maximum atomic E-state index is 11.9. The summed E-state index contributed by atoms with van der Waals surface area (Å²) in [4.78, 5) is 0. The van der Waals surface area contributed by atoms with E-state index in [0.29, 0.717) is 22.3 Å². The molecule has 0 spiro atoms. The second kappa shape index (κ2) is 17.5. The normalized spacial score (nSPS) is 13.4. The van der Waals surface area contributed by atoms with Gasteiger partial charge in [-0.3, -0.25) is 0 Å². The predicted octanol–water partition coefficient (Wildman–Crippen LogP) is 3.15. The maximum absolute atomic E-state index is 11.9. The van der Waals surface area contributed by atoms with E-state index in [1.54, 1.807) is 48.5 Å². The molecule has 4 nitrogen and oxygen atoms in total. The van der Waals surface area contributed by atoms with Crippen LogP contribution in [0.3, 0.4) is 0 Å². The van der Waals surface area contributed by atoms with Gasteiger partial charge >= 0.3 is 42.1 Å². The summed E-state index contributed by atoms with van der Waals surface area (Å²) in [7, 11) is 0. The third-order valence-corrected chi connectivity index (χ3v) is 5.54. The summed E-state index contributed by atoms with van der Waals surface area (Å²) in [5.41, 5.74) is 2.74. The Kier molecular flexibility index (Phi) is 15.6. The molecule has 0 radical (unpaired) electrons. The van der Waals surface area contributed by atoms with E-state index in [1.165, 1.54) is 0 Å². The molecule has 0 aliphatic heterocycles. The molecule has 0 fully saturated rings. The van der Waals surface area contributed by atoms with Crippen molar-refractivity contribution < 1.29 is 62.6 Å². The molecule has 0 saturated carbocycles. The summed E-state index contributed by atoms with van der Waals surface area (Å²) in [5, 5.41) is 47.6. The third-order valence-electron chi connectivity index (χ3n) is 5.54. The minimum absolute atomic E-state index is 0. The van der Waals surface area contributed by atoms with Crippen molar-refractivity contribution in [1.29, 1.82) is 0 Å². The molecule has 0 aliphatic rings. The molecule has 192 valence electrons. The van der Waals surface area contributed by atoms with Gasteiger partial charge in [0.15, 0.2) is 0 Å². The Balaban J connectivity index is 0.000000341. The summed E-state index contributed by atoms with van der Waals surface area (Å²) >= 11 is 0. The first-order chi connectivity index (χ1) is 16.5. The average molecular weight is 843 g/mol. The van der Waals surface area contributed by atoms with Crippen LogP contribution in [0.2, 0.25) is 0 Å². The number of benzene rings is 4. The minimum atomic E-state index is -0.945. The predicted molar refractivity (Wildman–Crippen MR) is 126 cm³/mol. The molecule has 4 aromatic carbocycles. The summed E-state index contributed by atoms with van der Waals surface area (Å²) in [6, 6.07) is 36.2. The summed E-state index contributed by atoms with van der Waals surface area (Å²) in [5.74, 6) is 0. The van der Waals surface area contributed by atoms with Crippen LogP contribution < -0.4 is 20.4 Å². The van der Waals surface area contributed by atoms with Crippen LogP contribution in [0.4, 0.5) is 0 Å². The van der Waals surface area contributed by atoms with E-state index in [2.05, 4.69) is 0 Å². The quantitative estimate of drug-likeness (QED) is 0.273. The number of rotatable bonds is 8. The molecule has 4 unspecified atom stereocenters. The first-order valence-corrected chi connectivity index (χ1v) is 11.4. The molecule has 4 aromatic rings. The zero-order valence-corrected chi connectivity index (χ0v) is 24.1. The van der Waals surface area contributed by atoms with Crippen molar-refractivity contribution in [3.8, 4) is 0 Å². The molecule has 0 heterocycles. The number of hydrogen-bond donors (Lipinski definition) is 0. The van der Waals surface area contributed by atoms with Crippen molar-refractivity contribution >= 4 is 0 Å². The fourth-order valence-corrected chi connectivity index (χ4v) is 3.60. The molecule has 0 N–H and O–H groups in total. The molecule has 0 bridgehead atoms. The van der Waals surface area contributed by atoms with Gasteiger partial charge in [0.1, 0.15) is 0 Å². The first-order valence-electron chi connectivity index (χ1n) is 11.4. The van der Waals surface area contributed by atoms with Gasteiger partial charge in [0.05, 0.1) is 0 Å². The van der Waals surface area contributed by atoms with E-state index in [1.807, 2.05) is 72.8 Å². The van der Waals surface area contributed by atoms with Gasteiger partial charge in [0.2, 0.25) is 0 Å². The SMILES string of the molecule is [O-]C(CC([O-])c1ccccc1)c1ccccc1.[O-]C(CC([O-])c1ccccc1)c1ccccc1.[Pt+2].[Pt+2]. The molecule has 36 heavy (non-hydrogen) atoms. The van der Waals surface area contributed by atoms with Gasteiger partial charge in [-0.05, 0) is 0 Å². The van der Waals surface area contributed by atoms with Gasteiger partial charge < -0.3 is 20.4 Å². The smallest absolute Gasteiger partial charge is 0.849 e. The molecule has 0 aromatic heterocycles. The maximum Gasteiger partial charge on any atom is 2.00 e. The van der Waals surface area contributed by atoms with Crippen LogP contribution in [0.5, 0.6) is 0 Å². The van der Waals surface area contributed by atoms with Crippen LogP contribution in [0.25, 0.3) is 0 Å². The van der Waals surface area contributed by atoms with Crippen molar-refractivity contribution in [2.45, 2.75) is 37.3 Å². The Morgan fingerprint density at radius 3 is 0.667 bits per heavy atom. The van der Waals surface area contributed by atoms with Gasteiger partial charge in [-0.1, -0.05) is 156 Å². The van der Waals surface area contributed by atoms with E-state index in [4.69, 9.17) is 0 Å². The molecule has 0 amide bonds. The monoisotopic (exact) mass is 842 g/mol. The fourth-order valence-electron chi connectivity index (χ4n) is 3.60. The van der Waals surface area contributed by atoms with Crippen LogP contribution >= 0.6 is 0 Å². The van der Waals surface area contributed by atoms with E-state index < -0.39 is 24.4 Å². The van der Waals surface area contributed by atoms with Crippen molar-refractivity contribution in [1.82, 2.24) is 0 Å². The van der Waals surface area contributed by atoms with E-state index in [-0.39, 0.29) is 55.0 Å². The molecule has 0 aliphatic carbocycles. The van der Waals surface area contributed by atoms with Crippen molar-refractivity contribution in [2.24, 2.45) is 0 Å². The van der Waals surface area contributed by atoms with Crippen molar-refractivity contribution in [3.63, 3.8) is 0 Å². The molecular weight excluding hydrogens is 814 g/mol. The van der Waals surface area contributed by atoms with Gasteiger partial charge in [-0.25, -0.2) is 0 Å². The minimum Gasteiger partial charge on any atom is -0.849 e. The molecule has 0 saturated heterocycles. The number of hydrogen-bond acceptors (Lipinski definition) is 4. The molecule has 4 atom stereocenters. The van der Waals surface area contributed by atoms with Crippen LogP contribution in [0, 0.1) is 0 Å². The van der Waals surface area contributed by atoms with E-state index in [0.717, 1.165) is 0 Å². The summed E-state index contributed by atoms with van der Waals surface area (Å²) in [6.45, 7) is 0. The topological polar surface area (TPSA) is 92.2 Å². The Morgan fingerprint density at radius 2 is 0.500 bits per heavy atom. The van der Waals surface area contributed by atoms with Crippen LogP contribution in [-0.4, -0.2) is 0 Å². The Morgan fingerprint density at radius 1 is 0.333 bits per heavy atom. The first kappa shape index (κ1) is 32.1. The average Bonchev–Trinajstić information content (AvgIpc) is 2.91. The Labute approximate surface area is 242 Å². The van der Waals surface area contributed by atoms with E-state index in [9.17, 15) is 20.4 Å². The zero-order valence-electron chi connectivity index (χ0n) is 19.5. The molecular formula is C30H28O4Pt2. The second-order valence-electron chi connectivity index (χ2n) is 8.07. The van der Waals surface area contributed by atoms with Gasteiger partial charge in [0, 0.05) is 0 Å². The second-order valence-corrected chi connectivity index (χ2v) is 8.07. The molecule has 4 rings (SSSR count). The standard InChI is InChI=1S/2C15H14O2.2Pt/c2*16-14(12-7-3-1-4-8-12)11-15(17)13-9-5-2-6-10-13;;/h2*1-10,14-15H,11H2;;/q2*-2;2*+2. The third kappa shape index (κ3) is 10.6. The summed E-state index contributed by atoms with van der Waals surface area (Å²) in [6.07, 6.45) is -3.60. The zero-order chi connectivity index (χ0) is 24.2. The Hall–Kier alpha value is -1.90. The van der Waals surface area contributed by atoms with Crippen LogP contribution in [-0.2, 0) is 42.1 Å². The molecule has 6 heteroatoms. The largest absolute Gasteiger partial charge is 2.00 e. The van der Waals surface area contributed by atoms with Crippen molar-refractivity contribution in [3.05, 3.63) is 144 Å².